The Balaban J connectivity index is 2.32. The lowest BCUT2D eigenvalue weighted by molar-refractivity contribution is -0.146. The minimum Gasteiger partial charge on any atom is -0.490 e. The van der Waals surface area contributed by atoms with E-state index in [4.69, 9.17) is 9.47 Å². The van der Waals surface area contributed by atoms with Gasteiger partial charge in [-0.3, -0.25) is 0 Å². The zero-order valence-corrected chi connectivity index (χ0v) is 5.71. The number of ether oxygens (including phenoxy) is 2. The Labute approximate surface area is 59.6 Å². The summed E-state index contributed by atoms with van der Waals surface area (Å²) in [6.45, 7) is 0.545. The fourth-order valence-electron chi connectivity index (χ4n) is 0.681. The van der Waals surface area contributed by atoms with Gasteiger partial charge in [0.1, 0.15) is 0 Å². The molecule has 1 aliphatic heterocycles. The molecule has 0 aromatic carbocycles. The highest BCUT2D eigenvalue weighted by atomic mass is 16.6. The molecule has 0 bridgehead atoms. The molecule has 0 saturated carbocycles. The number of carbonyl (C=O) groups excluding carboxylic acids is 1. The lowest BCUT2D eigenvalue weighted by Gasteiger charge is -1.99. The number of hydrogen-bond acceptors (Lipinski definition) is 3. The Kier molecular flexibility index (Phi) is 2.80. The van der Waals surface area contributed by atoms with Gasteiger partial charge in [0.15, 0.2) is 6.61 Å². The van der Waals surface area contributed by atoms with Crippen LogP contribution in [0.15, 0.2) is 12.3 Å². The van der Waals surface area contributed by atoms with E-state index in [-0.39, 0.29) is 12.6 Å². The average molecular weight is 142 g/mol. The summed E-state index contributed by atoms with van der Waals surface area (Å²) >= 11 is 0. The van der Waals surface area contributed by atoms with Crippen molar-refractivity contribution in [1.82, 2.24) is 0 Å². The highest BCUT2D eigenvalue weighted by Crippen LogP contribution is 1.96. The normalized spacial score (nSPS) is 19.8. The number of rotatable bonds is 0. The second-order valence-electron chi connectivity index (χ2n) is 2.05. The third-order valence-electron chi connectivity index (χ3n) is 1.17. The van der Waals surface area contributed by atoms with Crippen molar-refractivity contribution in [3.8, 4) is 0 Å². The van der Waals surface area contributed by atoms with Crippen LogP contribution in [-0.4, -0.2) is 19.2 Å². The maximum Gasteiger partial charge on any atom is 0.344 e. The number of esters is 1. The van der Waals surface area contributed by atoms with Gasteiger partial charge in [0.05, 0.1) is 12.9 Å². The van der Waals surface area contributed by atoms with Gasteiger partial charge in [-0.25, -0.2) is 4.79 Å². The van der Waals surface area contributed by atoms with Crippen molar-refractivity contribution >= 4 is 5.97 Å². The third-order valence-corrected chi connectivity index (χ3v) is 1.17. The molecule has 0 atom stereocenters. The maximum atomic E-state index is 10.6. The molecule has 0 spiro atoms. The predicted octanol–water partition coefficient (Wildman–Crippen LogP) is 0.854. The zero-order valence-electron chi connectivity index (χ0n) is 5.71. The third kappa shape index (κ3) is 2.53. The predicted molar refractivity (Wildman–Crippen MR) is 35.3 cm³/mol. The average Bonchev–Trinajstić information content (AvgIpc) is 2.02. The van der Waals surface area contributed by atoms with Crippen LogP contribution in [0.1, 0.15) is 12.8 Å². The summed E-state index contributed by atoms with van der Waals surface area (Å²) in [4.78, 5) is 10.6. The topological polar surface area (TPSA) is 35.5 Å². The summed E-state index contributed by atoms with van der Waals surface area (Å²) < 4.78 is 9.57. The molecule has 0 amide bonds. The van der Waals surface area contributed by atoms with E-state index in [0.29, 0.717) is 6.61 Å². The molecule has 1 heterocycles. The molecular weight excluding hydrogens is 132 g/mol. The van der Waals surface area contributed by atoms with Gasteiger partial charge >= 0.3 is 5.97 Å². The van der Waals surface area contributed by atoms with Gasteiger partial charge in [-0.2, -0.15) is 0 Å². The molecule has 1 rings (SSSR count). The Morgan fingerprint density at radius 1 is 1.50 bits per heavy atom. The number of allylic oxidation sites excluding steroid dienone is 1. The van der Waals surface area contributed by atoms with Crippen LogP contribution in [0, 0.1) is 0 Å². The first-order chi connectivity index (χ1) is 4.89. The van der Waals surface area contributed by atoms with Crippen LogP contribution in [0.25, 0.3) is 0 Å². The second kappa shape index (κ2) is 3.93. The summed E-state index contributed by atoms with van der Waals surface area (Å²) in [5.74, 6) is -0.286. The first-order valence-electron chi connectivity index (χ1n) is 3.32. The molecule has 0 aromatic heterocycles. The Bertz CT molecular complexity index is 140. The van der Waals surface area contributed by atoms with Gasteiger partial charge in [0, 0.05) is 0 Å². The van der Waals surface area contributed by atoms with Gasteiger partial charge < -0.3 is 9.47 Å². The Morgan fingerprint density at radius 3 is 3.30 bits per heavy atom. The molecule has 0 aromatic rings. The van der Waals surface area contributed by atoms with Crippen LogP contribution in [0.4, 0.5) is 0 Å². The van der Waals surface area contributed by atoms with E-state index in [9.17, 15) is 4.79 Å². The molecule has 56 valence electrons. The van der Waals surface area contributed by atoms with Crippen LogP contribution in [-0.2, 0) is 14.3 Å². The zero-order chi connectivity index (χ0) is 7.23. The van der Waals surface area contributed by atoms with E-state index >= 15 is 0 Å². The molecule has 0 unspecified atom stereocenters. The molecular formula is C7H10O3. The summed E-state index contributed by atoms with van der Waals surface area (Å²) in [5.41, 5.74) is 0. The van der Waals surface area contributed by atoms with Crippen molar-refractivity contribution in [1.29, 1.82) is 0 Å². The minimum atomic E-state index is -0.286. The molecule has 1 aliphatic rings. The van der Waals surface area contributed by atoms with Crippen LogP contribution in [0.5, 0.6) is 0 Å². The van der Waals surface area contributed by atoms with Gasteiger partial charge in [-0.1, -0.05) is 0 Å². The summed E-state index contributed by atoms with van der Waals surface area (Å²) in [6, 6.07) is 0. The van der Waals surface area contributed by atoms with Crippen LogP contribution < -0.4 is 0 Å². The second-order valence-corrected chi connectivity index (χ2v) is 2.05. The first-order valence-corrected chi connectivity index (χ1v) is 3.32. The highest BCUT2D eigenvalue weighted by Gasteiger charge is 2.01. The standard InChI is InChI=1S/C7H10O3/c8-7-6-9-4-2-1-3-5-10-7/h2,4H,1,3,5-6H2. The summed E-state index contributed by atoms with van der Waals surface area (Å²) in [7, 11) is 0. The van der Waals surface area contributed by atoms with Gasteiger partial charge in [-0.15, -0.1) is 0 Å². The number of hydrogen-bond donors (Lipinski definition) is 0. The summed E-state index contributed by atoms with van der Waals surface area (Å²) in [6.07, 6.45) is 5.23. The van der Waals surface area contributed by atoms with E-state index in [2.05, 4.69) is 0 Å². The van der Waals surface area contributed by atoms with Crippen molar-refractivity contribution in [3.05, 3.63) is 12.3 Å². The van der Waals surface area contributed by atoms with Crippen LogP contribution in [0.3, 0.4) is 0 Å². The number of cyclic esters (lactones) is 1. The largest absolute Gasteiger partial charge is 0.490 e. The SMILES string of the molecule is O=C1COC=CCCCO1. The lowest BCUT2D eigenvalue weighted by atomic mass is 10.3. The smallest absolute Gasteiger partial charge is 0.344 e. The van der Waals surface area contributed by atoms with Crippen molar-refractivity contribution in [2.24, 2.45) is 0 Å². The molecule has 3 nitrogen and oxygen atoms in total. The maximum absolute atomic E-state index is 10.6. The molecule has 0 aliphatic carbocycles. The molecule has 0 saturated heterocycles. The monoisotopic (exact) mass is 142 g/mol. The van der Waals surface area contributed by atoms with Gasteiger partial charge in [-0.05, 0) is 18.9 Å². The first kappa shape index (κ1) is 7.12. The van der Waals surface area contributed by atoms with Crippen molar-refractivity contribution in [3.63, 3.8) is 0 Å². The molecule has 3 heteroatoms. The fraction of sp³-hybridized carbons (Fsp3) is 0.571. The minimum absolute atomic E-state index is 0.0382. The molecule has 0 fully saturated rings. The highest BCUT2D eigenvalue weighted by molar-refractivity contribution is 5.70. The number of carbonyl (C=O) groups is 1. The lowest BCUT2D eigenvalue weighted by Crippen LogP contribution is -2.10. The van der Waals surface area contributed by atoms with Crippen molar-refractivity contribution in [2.45, 2.75) is 12.8 Å². The van der Waals surface area contributed by atoms with Crippen LogP contribution in [0.2, 0.25) is 0 Å². The van der Waals surface area contributed by atoms with Crippen molar-refractivity contribution in [2.75, 3.05) is 13.2 Å². The van der Waals surface area contributed by atoms with E-state index in [1.165, 1.54) is 0 Å². The molecule has 0 N–H and O–H groups in total. The Morgan fingerprint density at radius 2 is 2.40 bits per heavy atom. The quantitative estimate of drug-likeness (QED) is 0.470. The van der Waals surface area contributed by atoms with Gasteiger partial charge in [0.2, 0.25) is 0 Å². The molecule has 0 radical (unpaired) electrons. The van der Waals surface area contributed by atoms with Crippen molar-refractivity contribution < 1.29 is 14.3 Å². The van der Waals surface area contributed by atoms with E-state index in [1.54, 1.807) is 6.26 Å². The van der Waals surface area contributed by atoms with Gasteiger partial charge in [0.25, 0.3) is 0 Å². The summed E-state index contributed by atoms with van der Waals surface area (Å²) in [5, 5.41) is 0. The van der Waals surface area contributed by atoms with E-state index < -0.39 is 0 Å². The van der Waals surface area contributed by atoms with E-state index in [1.807, 2.05) is 6.08 Å². The molecule has 10 heavy (non-hydrogen) atoms. The van der Waals surface area contributed by atoms with E-state index in [0.717, 1.165) is 12.8 Å². The van der Waals surface area contributed by atoms with Crippen LogP contribution >= 0.6 is 0 Å². The fourth-order valence-corrected chi connectivity index (χ4v) is 0.681. The Hall–Kier alpha value is -0.990.